The van der Waals surface area contributed by atoms with Crippen LogP contribution in [0, 0.1) is 12.8 Å². The predicted molar refractivity (Wildman–Crippen MR) is 92.9 cm³/mol. The van der Waals surface area contributed by atoms with E-state index in [1.54, 1.807) is 0 Å². The maximum atomic E-state index is 12.6. The molecule has 2 unspecified atom stereocenters. The number of para-hydroxylation sites is 1. The molecule has 3 rings (SSSR count). The highest BCUT2D eigenvalue weighted by molar-refractivity contribution is 5.90. The number of aromatic amines is 1. The molecule has 0 radical (unpaired) electrons. The first-order valence-corrected chi connectivity index (χ1v) is 8.50. The Morgan fingerprint density at radius 3 is 2.92 bits per heavy atom. The molecule has 5 nitrogen and oxygen atoms in total. The van der Waals surface area contributed by atoms with Crippen molar-refractivity contribution in [1.29, 1.82) is 0 Å². The number of carboxylic acid groups (broad SMARTS) is 1. The van der Waals surface area contributed by atoms with Crippen molar-refractivity contribution in [2.75, 3.05) is 0 Å². The number of carboxylic acids is 1. The summed E-state index contributed by atoms with van der Waals surface area (Å²) in [7, 11) is 0. The summed E-state index contributed by atoms with van der Waals surface area (Å²) >= 11 is 0. The summed E-state index contributed by atoms with van der Waals surface area (Å²) in [5, 5.41) is 13.5. The fourth-order valence-electron chi connectivity index (χ4n) is 3.93. The molecule has 1 fully saturated rings. The lowest BCUT2D eigenvalue weighted by Gasteiger charge is -2.39. The first kappa shape index (κ1) is 16.6. The van der Waals surface area contributed by atoms with Crippen molar-refractivity contribution in [3.8, 4) is 0 Å². The van der Waals surface area contributed by atoms with Gasteiger partial charge < -0.3 is 15.4 Å². The number of aromatic nitrogens is 1. The van der Waals surface area contributed by atoms with Gasteiger partial charge in [-0.1, -0.05) is 31.0 Å². The summed E-state index contributed by atoms with van der Waals surface area (Å²) < 4.78 is 0. The number of hydrogen-bond donors (Lipinski definition) is 3. The minimum absolute atomic E-state index is 0.118. The van der Waals surface area contributed by atoms with Crippen molar-refractivity contribution in [2.45, 2.75) is 51.5 Å². The van der Waals surface area contributed by atoms with E-state index in [1.165, 1.54) is 0 Å². The second-order valence-corrected chi connectivity index (χ2v) is 7.09. The highest BCUT2D eigenvalue weighted by Crippen LogP contribution is 2.34. The van der Waals surface area contributed by atoms with Gasteiger partial charge in [0.25, 0.3) is 0 Å². The molecule has 1 aromatic carbocycles. The number of fused-ring (bicyclic) bond motifs is 1. The Morgan fingerprint density at radius 1 is 1.38 bits per heavy atom. The lowest BCUT2D eigenvalue weighted by atomic mass is 9.74. The Morgan fingerprint density at radius 2 is 2.17 bits per heavy atom. The fourth-order valence-corrected chi connectivity index (χ4v) is 3.93. The average molecular weight is 328 g/mol. The van der Waals surface area contributed by atoms with Crippen molar-refractivity contribution in [2.24, 2.45) is 5.92 Å². The molecule has 0 saturated heterocycles. The maximum absolute atomic E-state index is 12.6. The van der Waals surface area contributed by atoms with Crippen LogP contribution >= 0.6 is 0 Å². The third kappa shape index (κ3) is 3.03. The van der Waals surface area contributed by atoms with Crippen LogP contribution in [0.1, 0.15) is 43.7 Å². The van der Waals surface area contributed by atoms with Gasteiger partial charge in [-0.3, -0.25) is 9.59 Å². The van der Waals surface area contributed by atoms with Gasteiger partial charge in [0.2, 0.25) is 5.91 Å². The van der Waals surface area contributed by atoms with Crippen LogP contribution in [0.25, 0.3) is 10.9 Å². The van der Waals surface area contributed by atoms with Gasteiger partial charge in [-0.15, -0.1) is 0 Å². The summed E-state index contributed by atoms with van der Waals surface area (Å²) in [6, 6.07) is 6.02. The van der Waals surface area contributed by atoms with E-state index >= 15 is 0 Å². The molecule has 3 N–H and O–H groups in total. The van der Waals surface area contributed by atoms with E-state index in [1.807, 2.05) is 38.2 Å². The molecule has 0 aliphatic heterocycles. The Hall–Kier alpha value is -2.30. The molecule has 0 bridgehead atoms. The van der Waals surface area contributed by atoms with Crippen molar-refractivity contribution in [3.05, 3.63) is 35.5 Å². The topological polar surface area (TPSA) is 82.2 Å². The number of aryl methyl sites for hydroxylation is 1. The van der Waals surface area contributed by atoms with Crippen molar-refractivity contribution in [1.82, 2.24) is 10.3 Å². The van der Waals surface area contributed by atoms with Crippen LogP contribution in [0.4, 0.5) is 0 Å². The zero-order valence-corrected chi connectivity index (χ0v) is 14.2. The molecule has 1 heterocycles. The van der Waals surface area contributed by atoms with Crippen LogP contribution in [0.5, 0.6) is 0 Å². The highest BCUT2D eigenvalue weighted by Gasteiger charge is 2.42. The van der Waals surface area contributed by atoms with Crippen LogP contribution in [-0.4, -0.2) is 27.5 Å². The van der Waals surface area contributed by atoms with E-state index < -0.39 is 17.4 Å². The van der Waals surface area contributed by atoms with Gasteiger partial charge in [0.1, 0.15) is 0 Å². The van der Waals surface area contributed by atoms with Gasteiger partial charge in [-0.05, 0) is 37.8 Å². The quantitative estimate of drug-likeness (QED) is 0.806. The van der Waals surface area contributed by atoms with Crippen LogP contribution in [0.15, 0.2) is 24.4 Å². The monoisotopic (exact) mass is 328 g/mol. The predicted octanol–water partition coefficient (Wildman–Crippen LogP) is 3.17. The van der Waals surface area contributed by atoms with Gasteiger partial charge in [0.15, 0.2) is 0 Å². The third-order valence-electron chi connectivity index (χ3n) is 5.29. The van der Waals surface area contributed by atoms with Crippen molar-refractivity contribution in [3.63, 3.8) is 0 Å². The molecule has 0 spiro atoms. The normalized spacial score (nSPS) is 24.0. The lowest BCUT2D eigenvalue weighted by molar-refractivity contribution is -0.146. The summed E-state index contributed by atoms with van der Waals surface area (Å²) in [4.78, 5) is 27.3. The molecule has 1 aliphatic rings. The number of benzene rings is 1. The van der Waals surface area contributed by atoms with Gasteiger partial charge in [0.05, 0.1) is 17.9 Å². The first-order chi connectivity index (χ1) is 11.4. The number of carbonyl (C=O) groups excluding carboxylic acids is 1. The number of nitrogens with one attached hydrogen (secondary N) is 2. The molecule has 1 aromatic heterocycles. The van der Waals surface area contributed by atoms with Crippen molar-refractivity contribution >= 4 is 22.8 Å². The van der Waals surface area contributed by atoms with E-state index in [0.717, 1.165) is 34.9 Å². The lowest BCUT2D eigenvalue weighted by Crippen LogP contribution is -2.55. The highest BCUT2D eigenvalue weighted by atomic mass is 16.4. The number of rotatable bonds is 4. The molecule has 1 saturated carbocycles. The van der Waals surface area contributed by atoms with Crippen LogP contribution < -0.4 is 5.32 Å². The minimum Gasteiger partial charge on any atom is -0.481 e. The first-order valence-electron chi connectivity index (χ1n) is 8.50. The second-order valence-electron chi connectivity index (χ2n) is 7.09. The smallest absolute Gasteiger partial charge is 0.308 e. The molecule has 128 valence electrons. The van der Waals surface area contributed by atoms with E-state index in [-0.39, 0.29) is 12.3 Å². The Labute approximate surface area is 141 Å². The van der Waals surface area contributed by atoms with E-state index in [2.05, 4.69) is 10.3 Å². The largest absolute Gasteiger partial charge is 0.481 e. The zero-order valence-electron chi connectivity index (χ0n) is 14.2. The third-order valence-corrected chi connectivity index (χ3v) is 5.29. The number of H-pyrrole nitrogens is 1. The molecule has 2 atom stereocenters. The minimum atomic E-state index is -0.819. The molecule has 1 amide bonds. The van der Waals surface area contributed by atoms with Crippen LogP contribution in [0.2, 0.25) is 0 Å². The summed E-state index contributed by atoms with van der Waals surface area (Å²) in [6.07, 6.45) is 5.32. The van der Waals surface area contributed by atoms with Gasteiger partial charge in [-0.25, -0.2) is 0 Å². The Kier molecular flexibility index (Phi) is 4.35. The average Bonchev–Trinajstić information content (AvgIpc) is 2.91. The molecule has 5 heteroatoms. The van der Waals surface area contributed by atoms with Gasteiger partial charge in [0, 0.05) is 17.1 Å². The number of hydrogen-bond acceptors (Lipinski definition) is 2. The molecule has 24 heavy (non-hydrogen) atoms. The van der Waals surface area contributed by atoms with E-state index in [9.17, 15) is 14.7 Å². The molecule has 1 aliphatic carbocycles. The molecular formula is C19H24N2O3. The number of amides is 1. The summed E-state index contributed by atoms with van der Waals surface area (Å²) in [5.74, 6) is -1.45. The molecule has 2 aromatic rings. The van der Waals surface area contributed by atoms with E-state index in [0.29, 0.717) is 12.8 Å². The summed E-state index contributed by atoms with van der Waals surface area (Å²) in [5.41, 5.74) is 2.47. The standard InChI is InChI=1S/C19H24N2O3/c1-12-6-5-7-14-13(11-20-17(12)14)10-16(22)21-19(2)9-4-3-8-15(19)18(23)24/h5-7,11,15,20H,3-4,8-10H2,1-2H3,(H,21,22)(H,23,24). The molecular weight excluding hydrogens is 304 g/mol. The van der Waals surface area contributed by atoms with Crippen LogP contribution in [-0.2, 0) is 16.0 Å². The second kappa shape index (κ2) is 6.30. The Balaban J connectivity index is 1.77. The Bertz CT molecular complexity index is 780. The van der Waals surface area contributed by atoms with Gasteiger partial charge in [-0.2, -0.15) is 0 Å². The van der Waals surface area contributed by atoms with E-state index in [4.69, 9.17) is 0 Å². The van der Waals surface area contributed by atoms with Crippen molar-refractivity contribution < 1.29 is 14.7 Å². The zero-order chi connectivity index (χ0) is 17.3. The fraction of sp³-hybridized carbons (Fsp3) is 0.474. The maximum Gasteiger partial charge on any atom is 0.308 e. The number of aliphatic carboxylic acids is 1. The summed E-state index contributed by atoms with van der Waals surface area (Å²) in [6.45, 7) is 3.89. The number of carbonyl (C=O) groups is 2. The SMILES string of the molecule is Cc1cccc2c(CC(=O)NC3(C)CCCCC3C(=O)O)c[nH]c12. The van der Waals surface area contributed by atoms with Crippen LogP contribution in [0.3, 0.4) is 0 Å². The van der Waals surface area contributed by atoms with Gasteiger partial charge >= 0.3 is 5.97 Å².